The molecule has 6 N–H and O–H groups in total. The summed E-state index contributed by atoms with van der Waals surface area (Å²) < 4.78 is 0. The van der Waals surface area contributed by atoms with Gasteiger partial charge in [-0.2, -0.15) is 0 Å². The first-order valence-electron chi connectivity index (χ1n) is 4.49. The summed E-state index contributed by atoms with van der Waals surface area (Å²) in [6.07, 6.45) is -6.90. The summed E-state index contributed by atoms with van der Waals surface area (Å²) in [5.74, 6) is 0. The Morgan fingerprint density at radius 1 is 1.22 bits per heavy atom. The molecule has 0 aliphatic heterocycles. The fourth-order valence-electron chi connectivity index (χ4n) is 1.06. The van der Waals surface area contributed by atoms with Crippen molar-refractivity contribution < 1.29 is 76.6 Å². The normalized spacial score (nSPS) is 17.2. The zero-order chi connectivity index (χ0) is 13.4. The van der Waals surface area contributed by atoms with E-state index in [9.17, 15) is 20.1 Å². The van der Waals surface area contributed by atoms with E-state index in [2.05, 4.69) is 9.78 Å². The van der Waals surface area contributed by atoms with Crippen LogP contribution in [0.25, 0.3) is 0 Å². The van der Waals surface area contributed by atoms with Gasteiger partial charge in [0.25, 0.3) is 0 Å². The van der Waals surface area contributed by atoms with Crippen molar-refractivity contribution in [2.24, 2.45) is 0 Å². The minimum absolute atomic E-state index is 0. The van der Waals surface area contributed by atoms with Gasteiger partial charge in [0.2, 0.25) is 6.41 Å². The summed E-state index contributed by atoms with van der Waals surface area (Å²) in [6.45, 7) is -1.34. The number of aliphatic hydroxyl groups is 3. The molecule has 0 rings (SSSR count). The SMILES string of the molecule is O=CN(O)C[C@H](O)[C@H](O)[C@H](O)C(COO)OO.[H-].[Na+]. The average molecular weight is 281 g/mol. The van der Waals surface area contributed by atoms with E-state index in [1.165, 1.54) is 0 Å². The fourth-order valence-corrected chi connectivity index (χ4v) is 1.06. The van der Waals surface area contributed by atoms with Crippen molar-refractivity contribution in [2.45, 2.75) is 24.4 Å². The monoisotopic (exact) mass is 281 g/mol. The second kappa shape index (κ2) is 11.0. The molecule has 10 nitrogen and oxygen atoms in total. The van der Waals surface area contributed by atoms with Crippen LogP contribution in [-0.2, 0) is 14.6 Å². The molecule has 0 aromatic heterocycles. The average Bonchev–Trinajstić information content (AvgIpc) is 2.33. The van der Waals surface area contributed by atoms with Crippen LogP contribution in [0.2, 0.25) is 0 Å². The number of carbonyl (C=O) groups excluding carboxylic acids is 1. The molecule has 1 amide bonds. The van der Waals surface area contributed by atoms with Gasteiger partial charge in [0.15, 0.2) is 0 Å². The summed E-state index contributed by atoms with van der Waals surface area (Å²) in [5, 5.41) is 53.2. The first-order valence-corrected chi connectivity index (χ1v) is 4.49. The van der Waals surface area contributed by atoms with Gasteiger partial charge in [-0.15, -0.1) is 0 Å². The Bertz CT molecular complexity index is 227. The fraction of sp³-hybridized carbons (Fsp3) is 0.857. The number of hydroxylamine groups is 2. The molecule has 104 valence electrons. The van der Waals surface area contributed by atoms with Gasteiger partial charge in [-0.3, -0.25) is 20.5 Å². The number of rotatable bonds is 9. The molecule has 0 aliphatic rings. The third-order valence-electron chi connectivity index (χ3n) is 2.00. The van der Waals surface area contributed by atoms with E-state index in [-0.39, 0.29) is 42.5 Å². The molecule has 0 bridgehead atoms. The molecule has 0 saturated heterocycles. The van der Waals surface area contributed by atoms with E-state index < -0.39 is 37.6 Å². The minimum Gasteiger partial charge on any atom is -1.00 e. The van der Waals surface area contributed by atoms with E-state index in [4.69, 9.17) is 15.7 Å². The largest absolute Gasteiger partial charge is 1.00 e. The molecular weight excluding hydrogens is 265 g/mol. The second-order valence-electron chi connectivity index (χ2n) is 3.22. The van der Waals surface area contributed by atoms with Crippen molar-refractivity contribution in [2.75, 3.05) is 13.2 Å². The van der Waals surface area contributed by atoms with Gasteiger partial charge in [0.1, 0.15) is 31.0 Å². The van der Waals surface area contributed by atoms with Crippen LogP contribution in [0.1, 0.15) is 1.43 Å². The van der Waals surface area contributed by atoms with Crippen LogP contribution >= 0.6 is 0 Å². The predicted octanol–water partition coefficient (Wildman–Crippen LogP) is -5.62. The first-order chi connectivity index (χ1) is 7.97. The number of aliphatic hydroxyl groups excluding tert-OH is 3. The zero-order valence-electron chi connectivity index (χ0n) is 10.7. The van der Waals surface area contributed by atoms with Crippen molar-refractivity contribution in [1.29, 1.82) is 0 Å². The van der Waals surface area contributed by atoms with Gasteiger partial charge < -0.3 is 16.7 Å². The van der Waals surface area contributed by atoms with Gasteiger partial charge >= 0.3 is 29.6 Å². The molecule has 11 heteroatoms. The smallest absolute Gasteiger partial charge is 1.00 e. The Morgan fingerprint density at radius 2 is 1.78 bits per heavy atom. The van der Waals surface area contributed by atoms with Crippen LogP contribution < -0.4 is 29.6 Å². The number of hydrogen-bond acceptors (Lipinski definition) is 9. The molecule has 0 aromatic carbocycles. The maximum Gasteiger partial charge on any atom is 1.00 e. The maximum absolute atomic E-state index is 10.0. The van der Waals surface area contributed by atoms with Gasteiger partial charge in [-0.1, -0.05) is 0 Å². The molecular formula is C7H16NNaO9. The molecule has 0 aliphatic carbocycles. The third-order valence-corrected chi connectivity index (χ3v) is 2.00. The van der Waals surface area contributed by atoms with Crippen molar-refractivity contribution in [3.8, 4) is 0 Å². The standard InChI is InChI=1S/C7H15NO9.Na.H/c9-3-8(13)1-4(10)6(11)7(12)5(17-15)2-16-14;;/h3-7,10-15H,1-2H2;;/q;+1;-1/t4-,5?,6-,7+;;/m0../s1. The van der Waals surface area contributed by atoms with Crippen LogP contribution in [-0.4, -0.2) is 80.1 Å². The van der Waals surface area contributed by atoms with Gasteiger partial charge in [-0.25, -0.2) is 14.8 Å². The van der Waals surface area contributed by atoms with Crippen LogP contribution in [0.4, 0.5) is 0 Å². The molecule has 0 fully saturated rings. The van der Waals surface area contributed by atoms with E-state index in [0.29, 0.717) is 0 Å². The number of amides is 1. The third kappa shape index (κ3) is 6.92. The first kappa shape index (κ1) is 20.5. The van der Waals surface area contributed by atoms with Crippen LogP contribution in [0.15, 0.2) is 0 Å². The summed E-state index contributed by atoms with van der Waals surface area (Å²) in [4.78, 5) is 17.3. The van der Waals surface area contributed by atoms with Gasteiger partial charge in [0.05, 0.1) is 6.54 Å². The predicted molar refractivity (Wildman–Crippen MR) is 49.8 cm³/mol. The maximum atomic E-state index is 10.0. The van der Waals surface area contributed by atoms with Crippen molar-refractivity contribution in [3.05, 3.63) is 0 Å². The second-order valence-corrected chi connectivity index (χ2v) is 3.22. The Kier molecular flexibility index (Phi) is 12.5. The summed E-state index contributed by atoms with van der Waals surface area (Å²) >= 11 is 0. The van der Waals surface area contributed by atoms with Crippen LogP contribution in [0, 0.1) is 0 Å². The van der Waals surface area contributed by atoms with E-state index >= 15 is 0 Å². The summed E-state index contributed by atoms with van der Waals surface area (Å²) in [5.41, 5.74) is 0. The van der Waals surface area contributed by atoms with Crippen LogP contribution in [0.5, 0.6) is 0 Å². The number of hydrogen-bond donors (Lipinski definition) is 6. The Morgan fingerprint density at radius 3 is 2.17 bits per heavy atom. The molecule has 1 unspecified atom stereocenters. The Labute approximate surface area is 126 Å². The van der Waals surface area contributed by atoms with E-state index in [1.54, 1.807) is 0 Å². The van der Waals surface area contributed by atoms with E-state index in [1.807, 2.05) is 0 Å². The zero-order valence-corrected chi connectivity index (χ0v) is 11.7. The van der Waals surface area contributed by atoms with E-state index in [0.717, 1.165) is 0 Å². The molecule has 0 saturated carbocycles. The van der Waals surface area contributed by atoms with Crippen molar-refractivity contribution in [1.82, 2.24) is 5.06 Å². The summed E-state index contributed by atoms with van der Waals surface area (Å²) in [7, 11) is 0. The molecule has 0 radical (unpaired) electrons. The molecule has 18 heavy (non-hydrogen) atoms. The number of nitrogens with zero attached hydrogens (tertiary/aromatic N) is 1. The van der Waals surface area contributed by atoms with Crippen LogP contribution in [0.3, 0.4) is 0 Å². The molecule has 4 atom stereocenters. The van der Waals surface area contributed by atoms with Crippen molar-refractivity contribution >= 4 is 6.41 Å². The van der Waals surface area contributed by atoms with Gasteiger partial charge in [-0.05, 0) is 0 Å². The number of carbonyl (C=O) groups is 1. The van der Waals surface area contributed by atoms with Crippen molar-refractivity contribution in [3.63, 3.8) is 0 Å². The Hall–Kier alpha value is 0.150. The topological polar surface area (TPSA) is 160 Å². The van der Waals surface area contributed by atoms with Gasteiger partial charge in [0, 0.05) is 0 Å². The quantitative estimate of drug-likeness (QED) is 0.0795. The molecule has 0 spiro atoms. The molecule has 0 aromatic rings. The minimum atomic E-state index is -1.85. The Balaban J connectivity index is -0.00000128. The molecule has 0 heterocycles. The summed E-state index contributed by atoms with van der Waals surface area (Å²) in [6, 6.07) is 0.